The van der Waals surface area contributed by atoms with E-state index in [1.54, 1.807) is 6.07 Å². The Morgan fingerprint density at radius 3 is 1.40 bits per heavy atom. The second-order valence-electron chi connectivity index (χ2n) is 0.224. The van der Waals surface area contributed by atoms with Gasteiger partial charge in [-0.2, -0.15) is 5.26 Å². The molecule has 0 rings (SSSR count). The van der Waals surface area contributed by atoms with Gasteiger partial charge in [-0.05, 0) is 0 Å². The van der Waals surface area contributed by atoms with Gasteiger partial charge in [0.1, 0.15) is 0 Å². The molecule has 0 radical (unpaired) electrons. The van der Waals surface area contributed by atoms with Crippen molar-refractivity contribution in [3.8, 4) is 6.07 Å². The molecule has 5 heavy (non-hydrogen) atoms. The minimum Gasteiger partial charge on any atom is -0.199 e. The van der Waals surface area contributed by atoms with Gasteiger partial charge >= 0.3 is 0 Å². The molecule has 0 aromatic rings. The van der Waals surface area contributed by atoms with Gasteiger partial charge < -0.3 is 0 Å². The van der Waals surface area contributed by atoms with Crippen molar-refractivity contribution in [3.63, 3.8) is 0 Å². The standard InChI is InChI=1S/C2H3N.2Zr/c1-2-3;;/h1H3;;. The number of hydrogen-bond donors (Lipinski definition) is 0. The Labute approximate surface area is 70.0 Å². The molecule has 0 saturated heterocycles. The Morgan fingerprint density at radius 1 is 1.40 bits per heavy atom. The minimum atomic E-state index is 0. The van der Waals surface area contributed by atoms with Crippen LogP contribution in [0.25, 0.3) is 0 Å². The Hall–Kier alpha value is 1.26. The molecular weight excluding hydrogens is 220 g/mol. The number of nitriles is 1. The maximum absolute atomic E-state index is 7.32. The summed E-state index contributed by atoms with van der Waals surface area (Å²) in [5.74, 6) is 0. The van der Waals surface area contributed by atoms with Crippen LogP contribution >= 0.6 is 0 Å². The maximum Gasteiger partial charge on any atom is 0.0587 e. The summed E-state index contributed by atoms with van der Waals surface area (Å²) in [4.78, 5) is 0. The van der Waals surface area contributed by atoms with Crippen LogP contribution in [-0.4, -0.2) is 0 Å². The van der Waals surface area contributed by atoms with Gasteiger partial charge in [-0.25, -0.2) is 0 Å². The third-order valence-electron chi connectivity index (χ3n) is 0. The van der Waals surface area contributed by atoms with Gasteiger partial charge in [0.2, 0.25) is 0 Å². The van der Waals surface area contributed by atoms with Crippen molar-refractivity contribution in [2.24, 2.45) is 0 Å². The van der Waals surface area contributed by atoms with E-state index in [1.165, 1.54) is 6.92 Å². The zero-order valence-corrected chi connectivity index (χ0v) is 7.86. The normalized spacial score (nSPS) is 1.60. The Bertz CT molecular complexity index is 29.1. The number of rotatable bonds is 0. The van der Waals surface area contributed by atoms with Crippen molar-refractivity contribution < 1.29 is 52.4 Å². The fourth-order valence-electron chi connectivity index (χ4n) is 0. The molecule has 3 heteroatoms. The van der Waals surface area contributed by atoms with E-state index in [9.17, 15) is 0 Å². The van der Waals surface area contributed by atoms with E-state index in [0.717, 1.165) is 0 Å². The molecule has 0 aromatic carbocycles. The molecular formula is C2H3NZr2. The van der Waals surface area contributed by atoms with Crippen molar-refractivity contribution >= 4 is 0 Å². The molecule has 0 fully saturated rings. The first-order valence-electron chi connectivity index (χ1n) is 0.724. The zero-order valence-electron chi connectivity index (χ0n) is 2.95. The van der Waals surface area contributed by atoms with Crippen molar-refractivity contribution in [1.82, 2.24) is 0 Å². The zero-order chi connectivity index (χ0) is 2.71. The molecule has 0 unspecified atom stereocenters. The van der Waals surface area contributed by atoms with Gasteiger partial charge in [0, 0.05) is 59.3 Å². The predicted octanol–water partition coefficient (Wildman–Crippen LogP) is 0.525. The van der Waals surface area contributed by atoms with E-state index < -0.39 is 0 Å². The van der Waals surface area contributed by atoms with E-state index in [0.29, 0.717) is 0 Å². The van der Waals surface area contributed by atoms with Crippen LogP contribution in [0.5, 0.6) is 0 Å². The molecule has 0 aliphatic rings. The summed E-state index contributed by atoms with van der Waals surface area (Å²) in [5, 5.41) is 7.32. The van der Waals surface area contributed by atoms with E-state index in [4.69, 9.17) is 5.26 Å². The predicted molar refractivity (Wildman–Crippen MR) is 11.3 cm³/mol. The van der Waals surface area contributed by atoms with Crippen LogP contribution in [0.1, 0.15) is 6.92 Å². The first-order chi connectivity index (χ1) is 1.41. The first kappa shape index (κ1) is 16.3. The Kier molecular flexibility index (Phi) is 61.0. The summed E-state index contributed by atoms with van der Waals surface area (Å²) in [5.41, 5.74) is 0. The molecule has 0 saturated carbocycles. The van der Waals surface area contributed by atoms with Crippen molar-refractivity contribution in [3.05, 3.63) is 0 Å². The second kappa shape index (κ2) is 18.7. The monoisotopic (exact) mass is 221 g/mol. The van der Waals surface area contributed by atoms with Crippen LogP contribution in [0, 0.1) is 11.3 Å². The van der Waals surface area contributed by atoms with Crippen LogP contribution in [0.15, 0.2) is 0 Å². The summed E-state index contributed by atoms with van der Waals surface area (Å²) in [6.45, 7) is 1.43. The summed E-state index contributed by atoms with van der Waals surface area (Å²) >= 11 is 0. The molecule has 0 amide bonds. The number of nitrogens with zero attached hydrogens (tertiary/aromatic N) is 1. The molecule has 0 aliphatic heterocycles. The SMILES string of the molecule is CC#N.[Zr].[Zr]. The summed E-state index contributed by atoms with van der Waals surface area (Å²) in [7, 11) is 0. The van der Waals surface area contributed by atoms with Gasteiger partial charge in [-0.3, -0.25) is 0 Å². The molecule has 0 spiro atoms. The first-order valence-corrected chi connectivity index (χ1v) is 0.724. The average molecular weight is 224 g/mol. The summed E-state index contributed by atoms with van der Waals surface area (Å²) in [6, 6.07) is 1.75. The fourth-order valence-corrected chi connectivity index (χ4v) is 0. The van der Waals surface area contributed by atoms with E-state index in [2.05, 4.69) is 0 Å². The third kappa shape index (κ3) is 35.3. The largest absolute Gasteiger partial charge is 0.199 e. The van der Waals surface area contributed by atoms with Gasteiger partial charge in [0.05, 0.1) is 6.07 Å². The fraction of sp³-hybridized carbons (Fsp3) is 0.500. The van der Waals surface area contributed by atoms with Crippen molar-refractivity contribution in [1.29, 1.82) is 5.26 Å². The van der Waals surface area contributed by atoms with Crippen molar-refractivity contribution in [2.45, 2.75) is 6.92 Å². The maximum atomic E-state index is 7.32. The molecule has 0 aromatic heterocycles. The molecule has 24 valence electrons. The topological polar surface area (TPSA) is 23.8 Å². The van der Waals surface area contributed by atoms with Gasteiger partial charge in [-0.15, -0.1) is 0 Å². The molecule has 0 aliphatic carbocycles. The Morgan fingerprint density at radius 2 is 1.40 bits per heavy atom. The summed E-state index contributed by atoms with van der Waals surface area (Å²) in [6.07, 6.45) is 0. The van der Waals surface area contributed by atoms with Crippen LogP contribution in [-0.2, 0) is 52.4 Å². The van der Waals surface area contributed by atoms with Crippen LogP contribution < -0.4 is 0 Å². The van der Waals surface area contributed by atoms with Crippen LogP contribution in [0.3, 0.4) is 0 Å². The van der Waals surface area contributed by atoms with Crippen molar-refractivity contribution in [2.75, 3.05) is 0 Å². The molecule has 0 bridgehead atoms. The van der Waals surface area contributed by atoms with E-state index in [-0.39, 0.29) is 52.4 Å². The van der Waals surface area contributed by atoms with Gasteiger partial charge in [0.25, 0.3) is 0 Å². The smallest absolute Gasteiger partial charge is 0.0587 e. The van der Waals surface area contributed by atoms with E-state index in [1.807, 2.05) is 0 Å². The average Bonchev–Trinajstić information content (AvgIpc) is 0.918. The van der Waals surface area contributed by atoms with Gasteiger partial charge in [-0.1, -0.05) is 0 Å². The van der Waals surface area contributed by atoms with Gasteiger partial charge in [0.15, 0.2) is 0 Å². The molecule has 0 heterocycles. The number of hydrogen-bond acceptors (Lipinski definition) is 1. The molecule has 1 nitrogen and oxygen atoms in total. The minimum absolute atomic E-state index is 0. The Balaban J connectivity index is -0.0000000200. The van der Waals surface area contributed by atoms with E-state index >= 15 is 0 Å². The van der Waals surface area contributed by atoms with Crippen LogP contribution in [0.4, 0.5) is 0 Å². The molecule has 0 N–H and O–H groups in total. The summed E-state index contributed by atoms with van der Waals surface area (Å²) < 4.78 is 0. The quantitative estimate of drug-likeness (QED) is 0.588. The third-order valence-corrected chi connectivity index (χ3v) is 0. The second-order valence-corrected chi connectivity index (χ2v) is 0.224. The van der Waals surface area contributed by atoms with Crippen LogP contribution in [0.2, 0.25) is 0 Å². The molecule has 0 atom stereocenters.